The predicted molar refractivity (Wildman–Crippen MR) is 90.9 cm³/mol. The molecule has 2 heterocycles. The van der Waals surface area contributed by atoms with Crippen LogP contribution in [0.5, 0.6) is 0 Å². The summed E-state index contributed by atoms with van der Waals surface area (Å²) in [5, 5.41) is 5.07. The van der Waals surface area contributed by atoms with Crippen molar-refractivity contribution in [2.75, 3.05) is 11.9 Å². The number of alkyl halides is 3. The Morgan fingerprint density at radius 2 is 1.96 bits per heavy atom. The first-order valence-corrected chi connectivity index (χ1v) is 8.56. The molecule has 0 aliphatic carbocycles. The zero-order valence-corrected chi connectivity index (χ0v) is 15.8. The lowest BCUT2D eigenvalue weighted by Gasteiger charge is -2.07. The van der Waals surface area contributed by atoms with Gasteiger partial charge in [-0.3, -0.25) is 9.48 Å². The molecule has 2 aromatic heterocycles. The van der Waals surface area contributed by atoms with E-state index in [0.29, 0.717) is 5.56 Å². The highest BCUT2D eigenvalue weighted by molar-refractivity contribution is 7.16. The van der Waals surface area contributed by atoms with Crippen molar-refractivity contribution >= 4 is 39.8 Å². The normalized spacial score (nSPS) is 11.5. The first kappa shape index (κ1) is 20.2. The molecule has 6 nitrogen and oxygen atoms in total. The van der Waals surface area contributed by atoms with E-state index in [4.69, 9.17) is 16.3 Å². The highest BCUT2D eigenvalue weighted by atomic mass is 35.5. The molecule has 1 N–H and O–H groups in total. The molecule has 0 fully saturated rings. The highest BCUT2D eigenvalue weighted by Crippen LogP contribution is 2.37. The molecule has 0 bridgehead atoms. The lowest BCUT2D eigenvalue weighted by molar-refractivity contribution is -0.141. The number of aromatic nitrogens is 2. The summed E-state index contributed by atoms with van der Waals surface area (Å²) in [7, 11) is 1.17. The number of nitrogens with zero attached hydrogens (tertiary/aromatic N) is 2. The Balaban J connectivity index is 2.42. The molecule has 2 aromatic rings. The summed E-state index contributed by atoms with van der Waals surface area (Å²) in [6.07, 6.45) is -4.79. The lowest BCUT2D eigenvalue weighted by Crippen LogP contribution is -2.18. The van der Waals surface area contributed by atoms with E-state index in [1.165, 1.54) is 7.05 Å². The van der Waals surface area contributed by atoms with Crippen LogP contribution in [0.3, 0.4) is 0 Å². The second-order valence-electron chi connectivity index (χ2n) is 5.29. The standard InChI is InChI=1S/C15H15ClF3N3O3S/c1-5-25-14(24)8-6(2)7(3)26-13(8)20-12(23)10-9(16)11(15(17,18)19)21-22(10)4/h5H2,1-4H3,(H,20,23). The van der Waals surface area contributed by atoms with E-state index in [1.54, 1.807) is 20.8 Å². The van der Waals surface area contributed by atoms with Crippen LogP contribution in [0.4, 0.5) is 18.2 Å². The van der Waals surface area contributed by atoms with Gasteiger partial charge in [-0.2, -0.15) is 18.3 Å². The van der Waals surface area contributed by atoms with E-state index in [1.807, 2.05) is 0 Å². The fourth-order valence-electron chi connectivity index (χ4n) is 2.25. The summed E-state index contributed by atoms with van der Waals surface area (Å²) >= 11 is 6.83. The number of rotatable bonds is 4. The van der Waals surface area contributed by atoms with E-state index in [9.17, 15) is 22.8 Å². The molecule has 0 saturated heterocycles. The van der Waals surface area contributed by atoms with Gasteiger partial charge in [-0.05, 0) is 26.3 Å². The number of ether oxygens (including phenoxy) is 1. The number of hydrogen-bond donors (Lipinski definition) is 1. The van der Waals surface area contributed by atoms with Crippen molar-refractivity contribution in [3.05, 3.63) is 32.4 Å². The molecule has 0 radical (unpaired) electrons. The maximum absolute atomic E-state index is 12.9. The SMILES string of the molecule is CCOC(=O)c1c(NC(=O)c2c(Cl)c(C(F)(F)F)nn2C)sc(C)c1C. The van der Waals surface area contributed by atoms with Crippen molar-refractivity contribution in [3.8, 4) is 0 Å². The Morgan fingerprint density at radius 3 is 2.46 bits per heavy atom. The average Bonchev–Trinajstić information content (AvgIpc) is 2.96. The fraction of sp³-hybridized carbons (Fsp3) is 0.400. The minimum absolute atomic E-state index is 0.142. The third-order valence-corrected chi connectivity index (χ3v) is 5.05. The van der Waals surface area contributed by atoms with Gasteiger partial charge in [0.15, 0.2) is 5.69 Å². The monoisotopic (exact) mass is 409 g/mol. The third-order valence-electron chi connectivity index (χ3n) is 3.56. The number of hydrogen-bond acceptors (Lipinski definition) is 5. The number of amides is 1. The topological polar surface area (TPSA) is 73.2 Å². The van der Waals surface area contributed by atoms with Crippen LogP contribution < -0.4 is 5.32 Å². The van der Waals surface area contributed by atoms with Gasteiger partial charge in [0.25, 0.3) is 5.91 Å². The Bertz CT molecular complexity index is 874. The molecular formula is C15H15ClF3N3O3S. The molecule has 0 saturated carbocycles. The number of anilines is 1. The van der Waals surface area contributed by atoms with Gasteiger partial charge in [0.1, 0.15) is 15.7 Å². The van der Waals surface area contributed by atoms with Crippen molar-refractivity contribution in [2.24, 2.45) is 7.05 Å². The number of carbonyl (C=O) groups is 2. The summed E-state index contributed by atoms with van der Waals surface area (Å²) in [6.45, 7) is 5.21. The predicted octanol–water partition coefficient (Wildman–Crippen LogP) is 4.20. The first-order chi connectivity index (χ1) is 12.0. The van der Waals surface area contributed by atoms with Crippen LogP contribution in [-0.2, 0) is 18.0 Å². The Labute approximate surface area is 155 Å². The molecule has 1 amide bonds. The molecule has 0 aliphatic heterocycles. The van der Waals surface area contributed by atoms with Gasteiger partial charge >= 0.3 is 12.1 Å². The molecule has 142 valence electrons. The summed E-state index contributed by atoms with van der Waals surface area (Å²) in [5.74, 6) is -1.54. The second kappa shape index (κ2) is 7.28. The minimum Gasteiger partial charge on any atom is -0.462 e. The van der Waals surface area contributed by atoms with Gasteiger partial charge in [0.2, 0.25) is 0 Å². The van der Waals surface area contributed by atoms with Crippen LogP contribution in [0, 0.1) is 13.8 Å². The number of carbonyl (C=O) groups excluding carboxylic acids is 2. The molecule has 0 aliphatic rings. The number of esters is 1. The molecule has 11 heteroatoms. The van der Waals surface area contributed by atoms with E-state index >= 15 is 0 Å². The van der Waals surface area contributed by atoms with Gasteiger partial charge in [-0.1, -0.05) is 11.6 Å². The zero-order chi connectivity index (χ0) is 19.8. The minimum atomic E-state index is -4.79. The van der Waals surface area contributed by atoms with Crippen LogP contribution in [-0.4, -0.2) is 28.3 Å². The smallest absolute Gasteiger partial charge is 0.436 e. The van der Waals surface area contributed by atoms with Gasteiger partial charge in [0.05, 0.1) is 12.2 Å². The van der Waals surface area contributed by atoms with Crippen LogP contribution >= 0.6 is 22.9 Å². The van der Waals surface area contributed by atoms with E-state index < -0.39 is 34.5 Å². The zero-order valence-electron chi connectivity index (χ0n) is 14.2. The van der Waals surface area contributed by atoms with E-state index in [-0.39, 0.29) is 17.2 Å². The van der Waals surface area contributed by atoms with Crippen molar-refractivity contribution < 1.29 is 27.5 Å². The summed E-state index contributed by atoms with van der Waals surface area (Å²) < 4.78 is 44.4. The summed E-state index contributed by atoms with van der Waals surface area (Å²) in [4.78, 5) is 25.4. The lowest BCUT2D eigenvalue weighted by atomic mass is 10.1. The van der Waals surface area contributed by atoms with Crippen LogP contribution in [0.2, 0.25) is 5.02 Å². The van der Waals surface area contributed by atoms with Gasteiger partial charge in [-0.25, -0.2) is 4.79 Å². The second-order valence-corrected chi connectivity index (χ2v) is 6.90. The molecule has 2 rings (SSSR count). The van der Waals surface area contributed by atoms with Gasteiger partial charge in [-0.15, -0.1) is 11.3 Å². The molecule has 26 heavy (non-hydrogen) atoms. The molecular weight excluding hydrogens is 395 g/mol. The largest absolute Gasteiger partial charge is 0.462 e. The Hall–Kier alpha value is -2.07. The molecule has 0 spiro atoms. The van der Waals surface area contributed by atoms with Gasteiger partial charge in [0, 0.05) is 11.9 Å². The molecule has 0 aromatic carbocycles. The molecule has 0 unspecified atom stereocenters. The number of halogens is 4. The summed E-state index contributed by atoms with van der Waals surface area (Å²) in [6, 6.07) is 0. The quantitative estimate of drug-likeness (QED) is 0.768. The Kier molecular flexibility index (Phi) is 5.67. The summed E-state index contributed by atoms with van der Waals surface area (Å²) in [5.41, 5.74) is -1.03. The number of nitrogens with one attached hydrogen (secondary N) is 1. The first-order valence-electron chi connectivity index (χ1n) is 7.37. The Morgan fingerprint density at radius 1 is 1.35 bits per heavy atom. The van der Waals surface area contributed by atoms with Crippen LogP contribution in [0.25, 0.3) is 0 Å². The van der Waals surface area contributed by atoms with E-state index in [0.717, 1.165) is 20.9 Å². The van der Waals surface area contributed by atoms with Crippen LogP contribution in [0.1, 0.15) is 43.9 Å². The maximum Gasteiger partial charge on any atom is 0.436 e. The number of aryl methyl sites for hydroxylation is 2. The van der Waals surface area contributed by atoms with Crippen molar-refractivity contribution in [3.63, 3.8) is 0 Å². The maximum atomic E-state index is 12.9. The van der Waals surface area contributed by atoms with Crippen molar-refractivity contribution in [2.45, 2.75) is 26.9 Å². The van der Waals surface area contributed by atoms with Crippen LogP contribution in [0.15, 0.2) is 0 Å². The van der Waals surface area contributed by atoms with Gasteiger partial charge < -0.3 is 10.1 Å². The third kappa shape index (κ3) is 3.70. The fourth-order valence-corrected chi connectivity index (χ4v) is 3.65. The van der Waals surface area contributed by atoms with Crippen molar-refractivity contribution in [1.82, 2.24) is 9.78 Å². The van der Waals surface area contributed by atoms with Crippen molar-refractivity contribution in [1.29, 1.82) is 0 Å². The highest BCUT2D eigenvalue weighted by Gasteiger charge is 2.40. The number of thiophene rings is 1. The molecule has 0 atom stereocenters. The van der Waals surface area contributed by atoms with E-state index in [2.05, 4.69) is 10.4 Å². The average molecular weight is 410 g/mol.